The second-order valence-corrected chi connectivity index (χ2v) is 6.68. The predicted octanol–water partition coefficient (Wildman–Crippen LogP) is 3.04. The highest BCUT2D eigenvalue weighted by molar-refractivity contribution is 7.92. The van der Waals surface area contributed by atoms with Gasteiger partial charge in [0.1, 0.15) is 11.6 Å². The number of hydrogen-bond acceptors (Lipinski definition) is 3. The van der Waals surface area contributed by atoms with Gasteiger partial charge in [-0.3, -0.25) is 4.79 Å². The number of halogens is 1. The van der Waals surface area contributed by atoms with E-state index in [2.05, 4.69) is 0 Å². The Bertz CT molecular complexity index is 732. The molecule has 0 aliphatic rings. The lowest BCUT2D eigenvalue weighted by Gasteiger charge is -2.05. The molecule has 0 radical (unpaired) electrons. The van der Waals surface area contributed by atoms with Crippen LogP contribution in [0.2, 0.25) is 0 Å². The van der Waals surface area contributed by atoms with E-state index in [4.69, 9.17) is 0 Å². The summed E-state index contributed by atoms with van der Waals surface area (Å²) in [6, 6.07) is 11.3. The minimum Gasteiger partial charge on any atom is -0.293 e. The van der Waals surface area contributed by atoms with Crippen LogP contribution in [0.25, 0.3) is 0 Å². The van der Waals surface area contributed by atoms with Gasteiger partial charge >= 0.3 is 0 Å². The van der Waals surface area contributed by atoms with E-state index in [1.54, 1.807) is 24.3 Å². The maximum atomic E-state index is 12.8. The van der Waals surface area contributed by atoms with Crippen molar-refractivity contribution in [2.24, 2.45) is 0 Å². The fourth-order valence-corrected chi connectivity index (χ4v) is 3.14. The number of aryl methyl sites for hydroxylation is 1. The lowest BCUT2D eigenvalue weighted by atomic mass is 10.1. The number of hydrogen-bond donors (Lipinski definition) is 0. The van der Waals surface area contributed by atoms with Gasteiger partial charge in [-0.15, -0.1) is 0 Å². The minimum absolute atomic E-state index is 0.0533. The average Bonchev–Trinajstić information content (AvgIpc) is 2.47. The molecule has 0 aromatic heterocycles. The molecule has 0 heterocycles. The van der Waals surface area contributed by atoms with Crippen molar-refractivity contribution in [2.45, 2.75) is 18.2 Å². The van der Waals surface area contributed by atoms with Gasteiger partial charge in [0.05, 0.1) is 4.90 Å². The quantitative estimate of drug-likeness (QED) is 0.630. The van der Waals surface area contributed by atoms with Crippen molar-refractivity contribution in [1.29, 1.82) is 0 Å². The third-order valence-corrected chi connectivity index (χ3v) is 4.81. The van der Waals surface area contributed by atoms with E-state index in [0.29, 0.717) is 5.56 Å². The van der Waals surface area contributed by atoms with Gasteiger partial charge < -0.3 is 0 Å². The van der Waals surface area contributed by atoms with Crippen LogP contribution in [0.4, 0.5) is 4.39 Å². The van der Waals surface area contributed by atoms with Crippen LogP contribution in [-0.4, -0.2) is 20.0 Å². The van der Waals surface area contributed by atoms with Crippen molar-refractivity contribution >= 4 is 15.6 Å². The highest BCUT2D eigenvalue weighted by atomic mass is 32.2. The van der Waals surface area contributed by atoms with Crippen LogP contribution < -0.4 is 0 Å². The van der Waals surface area contributed by atoms with E-state index >= 15 is 0 Å². The molecule has 110 valence electrons. The van der Waals surface area contributed by atoms with Crippen LogP contribution in [0.15, 0.2) is 53.4 Å². The number of carbonyl (C=O) groups is 1. The lowest BCUT2D eigenvalue weighted by molar-refractivity contribution is 0.102. The molecule has 2 aromatic carbocycles. The molecule has 2 rings (SSSR count). The molecule has 5 heteroatoms. The molecule has 0 saturated carbocycles. The highest BCUT2D eigenvalue weighted by Gasteiger charge is 2.20. The first kappa shape index (κ1) is 15.4. The second-order valence-electron chi connectivity index (χ2n) is 4.69. The van der Waals surface area contributed by atoms with E-state index in [1.807, 2.05) is 6.92 Å². The average molecular weight is 306 g/mol. The SMILES string of the molecule is CCc1ccc(C(=O)CS(=O)(=O)c2ccc(F)cc2)cc1. The van der Waals surface area contributed by atoms with E-state index < -0.39 is 27.2 Å². The number of sulfone groups is 1. The summed E-state index contributed by atoms with van der Waals surface area (Å²) in [5, 5.41) is 0. The van der Waals surface area contributed by atoms with Crippen molar-refractivity contribution in [1.82, 2.24) is 0 Å². The Hall–Kier alpha value is -2.01. The molecular formula is C16H15FO3S. The molecule has 0 fully saturated rings. The van der Waals surface area contributed by atoms with Crippen molar-refractivity contribution in [3.8, 4) is 0 Å². The van der Waals surface area contributed by atoms with E-state index in [1.165, 1.54) is 0 Å². The summed E-state index contributed by atoms with van der Waals surface area (Å²) in [5.41, 5.74) is 1.44. The predicted molar refractivity (Wildman–Crippen MR) is 78.6 cm³/mol. The van der Waals surface area contributed by atoms with Crippen LogP contribution in [0.1, 0.15) is 22.8 Å². The van der Waals surface area contributed by atoms with Crippen LogP contribution in [-0.2, 0) is 16.3 Å². The smallest absolute Gasteiger partial charge is 0.185 e. The van der Waals surface area contributed by atoms with Gasteiger partial charge in [-0.1, -0.05) is 31.2 Å². The standard InChI is InChI=1S/C16H15FO3S/c1-2-12-3-5-13(6-4-12)16(18)11-21(19,20)15-9-7-14(17)8-10-15/h3-10H,2,11H2,1H3. The molecule has 21 heavy (non-hydrogen) atoms. The summed E-state index contributed by atoms with van der Waals surface area (Å²) >= 11 is 0. The molecular weight excluding hydrogens is 291 g/mol. The molecule has 0 amide bonds. The van der Waals surface area contributed by atoms with Gasteiger partial charge in [-0.2, -0.15) is 0 Å². The Kier molecular flexibility index (Phi) is 4.53. The number of rotatable bonds is 5. The third-order valence-electron chi connectivity index (χ3n) is 3.18. The third kappa shape index (κ3) is 3.76. The van der Waals surface area contributed by atoms with E-state index in [-0.39, 0.29) is 4.90 Å². The fraction of sp³-hybridized carbons (Fsp3) is 0.188. The van der Waals surface area contributed by atoms with Crippen molar-refractivity contribution < 1.29 is 17.6 Å². The summed E-state index contributed by atoms with van der Waals surface area (Å²) in [7, 11) is -3.76. The van der Waals surface area contributed by atoms with E-state index in [9.17, 15) is 17.6 Å². The normalized spacial score (nSPS) is 11.3. The lowest BCUT2D eigenvalue weighted by Crippen LogP contribution is -2.16. The zero-order valence-electron chi connectivity index (χ0n) is 11.5. The molecule has 0 aliphatic carbocycles. The Balaban J connectivity index is 2.19. The Morgan fingerprint density at radius 1 is 1.00 bits per heavy atom. The van der Waals surface area contributed by atoms with Gasteiger partial charge in [-0.05, 0) is 36.2 Å². The maximum Gasteiger partial charge on any atom is 0.185 e. The van der Waals surface area contributed by atoms with Gasteiger partial charge in [-0.25, -0.2) is 12.8 Å². The molecule has 0 saturated heterocycles. The summed E-state index contributed by atoms with van der Waals surface area (Å²) in [4.78, 5) is 12.0. The Morgan fingerprint density at radius 2 is 1.57 bits per heavy atom. The van der Waals surface area contributed by atoms with Gasteiger partial charge in [0.2, 0.25) is 0 Å². The van der Waals surface area contributed by atoms with Gasteiger partial charge in [0.25, 0.3) is 0 Å². The van der Waals surface area contributed by atoms with Crippen molar-refractivity contribution in [3.63, 3.8) is 0 Å². The number of benzene rings is 2. The van der Waals surface area contributed by atoms with Crippen molar-refractivity contribution in [3.05, 3.63) is 65.5 Å². The Morgan fingerprint density at radius 3 is 2.10 bits per heavy atom. The molecule has 0 unspecified atom stereocenters. The summed E-state index contributed by atoms with van der Waals surface area (Å²) in [6.07, 6.45) is 0.850. The summed E-state index contributed by atoms with van der Waals surface area (Å²) in [5.74, 6) is -1.61. The first-order valence-corrected chi connectivity index (χ1v) is 8.18. The molecule has 0 atom stereocenters. The molecule has 0 aliphatic heterocycles. The van der Waals surface area contributed by atoms with Crippen LogP contribution in [0.5, 0.6) is 0 Å². The number of carbonyl (C=O) groups excluding carboxylic acids is 1. The Labute approximate surface area is 123 Å². The molecule has 0 spiro atoms. The molecule has 0 N–H and O–H groups in total. The zero-order valence-corrected chi connectivity index (χ0v) is 12.4. The fourth-order valence-electron chi connectivity index (χ4n) is 1.91. The van der Waals surface area contributed by atoms with Gasteiger partial charge in [0, 0.05) is 5.56 Å². The molecule has 3 nitrogen and oxygen atoms in total. The topological polar surface area (TPSA) is 51.2 Å². The highest BCUT2D eigenvalue weighted by Crippen LogP contribution is 2.14. The summed E-state index contributed by atoms with van der Waals surface area (Å²) in [6.45, 7) is 2.00. The molecule has 2 aromatic rings. The largest absolute Gasteiger partial charge is 0.293 e. The first-order valence-electron chi connectivity index (χ1n) is 6.53. The van der Waals surface area contributed by atoms with Gasteiger partial charge in [0.15, 0.2) is 15.6 Å². The van der Waals surface area contributed by atoms with Crippen LogP contribution in [0, 0.1) is 5.82 Å². The number of ketones is 1. The zero-order chi connectivity index (χ0) is 15.5. The minimum atomic E-state index is -3.76. The van der Waals surface area contributed by atoms with Crippen LogP contribution >= 0.6 is 0 Å². The van der Waals surface area contributed by atoms with Crippen molar-refractivity contribution in [2.75, 3.05) is 5.75 Å². The van der Waals surface area contributed by atoms with E-state index in [0.717, 1.165) is 36.2 Å². The van der Waals surface area contributed by atoms with Crippen LogP contribution in [0.3, 0.4) is 0 Å². The summed E-state index contributed by atoms with van der Waals surface area (Å²) < 4.78 is 37.0. The monoisotopic (exact) mass is 306 g/mol. The number of Topliss-reactive ketones (excluding diaryl/α,β-unsaturated/α-hetero) is 1. The second kappa shape index (κ2) is 6.18. The maximum absolute atomic E-state index is 12.8. The molecule has 0 bridgehead atoms. The first-order chi connectivity index (χ1) is 9.92.